The van der Waals surface area contributed by atoms with Crippen LogP contribution in [0.15, 0.2) is 127 Å². The van der Waals surface area contributed by atoms with Crippen LogP contribution in [0.25, 0.3) is 44.3 Å². The number of methoxy groups -OCH3 is 2. The van der Waals surface area contributed by atoms with Crippen molar-refractivity contribution in [1.29, 1.82) is 0 Å². The van der Waals surface area contributed by atoms with Gasteiger partial charge >= 0.3 is 5.97 Å². The minimum absolute atomic E-state index is 0.202. The maximum absolute atomic E-state index is 13.9. The molecule has 0 aliphatic heterocycles. The number of nitrogens with zero attached hydrogens (tertiary/aromatic N) is 2. The number of esters is 1. The fourth-order valence-corrected chi connectivity index (χ4v) is 9.19. The number of aromatic nitrogens is 2. The summed E-state index contributed by atoms with van der Waals surface area (Å²) in [6, 6.07) is 43.4. The smallest absolute Gasteiger partial charge is 0.311 e. The van der Waals surface area contributed by atoms with E-state index in [2.05, 4.69) is 79.7 Å². The van der Waals surface area contributed by atoms with Gasteiger partial charge in [0.1, 0.15) is 17.2 Å². The zero-order valence-corrected chi connectivity index (χ0v) is 30.2. The number of benzene rings is 5. The molecule has 5 aromatic carbocycles. The highest BCUT2D eigenvalue weighted by molar-refractivity contribution is 5.91. The first kappa shape index (κ1) is 32.9. The molecule has 2 unspecified atom stereocenters. The number of para-hydroxylation sites is 3. The Morgan fingerprint density at radius 2 is 1.08 bits per heavy atom. The molecule has 9 rings (SSSR count). The van der Waals surface area contributed by atoms with E-state index in [9.17, 15) is 4.79 Å². The lowest BCUT2D eigenvalue weighted by molar-refractivity contribution is -0.134. The van der Waals surface area contributed by atoms with Crippen LogP contribution < -0.4 is 14.2 Å². The Labute approximate surface area is 309 Å². The molecule has 0 N–H and O–H groups in total. The summed E-state index contributed by atoms with van der Waals surface area (Å²) in [4.78, 5) is 24.6. The van der Waals surface area contributed by atoms with Gasteiger partial charge in [-0.3, -0.25) is 4.79 Å². The van der Waals surface area contributed by atoms with Gasteiger partial charge in [-0.15, -0.1) is 0 Å². The molecule has 6 nitrogen and oxygen atoms in total. The lowest BCUT2D eigenvalue weighted by Crippen LogP contribution is -2.38. The first-order valence-electron chi connectivity index (χ1n) is 18.4. The second-order valence-electron chi connectivity index (χ2n) is 14.4. The van der Waals surface area contributed by atoms with Crippen molar-refractivity contribution in [2.45, 2.75) is 49.9 Å². The Bertz CT molecular complexity index is 2550. The number of fused-ring (bicyclic) bond motifs is 8. The van der Waals surface area contributed by atoms with Crippen LogP contribution in [-0.4, -0.2) is 30.2 Å². The van der Waals surface area contributed by atoms with E-state index in [1.807, 2.05) is 54.6 Å². The topological polar surface area (TPSA) is 70.5 Å². The van der Waals surface area contributed by atoms with Crippen molar-refractivity contribution in [2.75, 3.05) is 14.2 Å². The van der Waals surface area contributed by atoms with E-state index in [1.165, 1.54) is 11.1 Å². The minimum atomic E-state index is -0.658. The summed E-state index contributed by atoms with van der Waals surface area (Å²) >= 11 is 0. The Hall–Kier alpha value is -6.01. The van der Waals surface area contributed by atoms with Gasteiger partial charge in [0, 0.05) is 39.2 Å². The maximum atomic E-state index is 13.9. The quantitative estimate of drug-likeness (QED) is 0.105. The fourth-order valence-electron chi connectivity index (χ4n) is 9.19. The van der Waals surface area contributed by atoms with Crippen molar-refractivity contribution >= 4 is 27.8 Å². The summed E-state index contributed by atoms with van der Waals surface area (Å²) in [6.07, 6.45) is 3.18. The van der Waals surface area contributed by atoms with E-state index >= 15 is 0 Å². The van der Waals surface area contributed by atoms with E-state index < -0.39 is 10.8 Å². The molecule has 0 bridgehead atoms. The number of hydrogen-bond donors (Lipinski definition) is 0. The summed E-state index contributed by atoms with van der Waals surface area (Å²) in [5.74, 6) is 1.85. The van der Waals surface area contributed by atoms with Gasteiger partial charge in [-0.1, -0.05) is 67.9 Å². The second kappa shape index (κ2) is 12.9. The summed E-state index contributed by atoms with van der Waals surface area (Å²) < 4.78 is 17.7. The zero-order valence-electron chi connectivity index (χ0n) is 30.2. The van der Waals surface area contributed by atoms with Crippen LogP contribution in [0.3, 0.4) is 0 Å². The monoisotopic (exact) mass is 696 g/mol. The number of hydrogen-bond acceptors (Lipinski definition) is 6. The highest BCUT2D eigenvalue weighted by atomic mass is 16.5. The zero-order chi connectivity index (χ0) is 36.2. The molecule has 262 valence electrons. The van der Waals surface area contributed by atoms with Crippen LogP contribution in [0, 0.1) is 0 Å². The molecule has 53 heavy (non-hydrogen) atoms. The lowest BCUT2D eigenvalue weighted by Gasteiger charge is -2.42. The van der Waals surface area contributed by atoms with Gasteiger partial charge in [0.25, 0.3) is 0 Å². The third kappa shape index (κ3) is 5.27. The predicted octanol–water partition coefficient (Wildman–Crippen LogP) is 10.6. The standard InChI is InChI=1S/C47H40N2O4/c1-4-23-46(37-27-33(51-2)18-20-35(37)44-39(46)25-30-12-8-10-16-41(30)48-44)29-47(24-22-43(50)53-32-14-6-5-7-15-32)38-28-34(52-3)19-21-36(38)45-40(47)26-31-13-9-11-17-42(31)49-45/h5-21,25-28H,4,22-24,29H2,1-3H3. The molecular weight excluding hydrogens is 657 g/mol. The van der Waals surface area contributed by atoms with Crippen molar-refractivity contribution in [2.24, 2.45) is 0 Å². The number of pyridine rings is 2. The highest BCUT2D eigenvalue weighted by Gasteiger charge is 2.54. The Kier molecular flexibility index (Phi) is 7.99. The Morgan fingerprint density at radius 3 is 1.60 bits per heavy atom. The number of carbonyl (C=O) groups is 1. The summed E-state index contributed by atoms with van der Waals surface area (Å²) in [5.41, 5.74) is 9.56. The van der Waals surface area contributed by atoms with Crippen LogP contribution in [0.2, 0.25) is 0 Å². The van der Waals surface area contributed by atoms with Crippen molar-refractivity contribution < 1.29 is 19.0 Å². The predicted molar refractivity (Wildman–Crippen MR) is 210 cm³/mol. The maximum Gasteiger partial charge on any atom is 0.311 e. The van der Waals surface area contributed by atoms with Gasteiger partial charge in [0.2, 0.25) is 0 Å². The molecule has 0 spiro atoms. The molecule has 2 aliphatic rings. The molecule has 0 fully saturated rings. The van der Waals surface area contributed by atoms with Crippen LogP contribution in [0.1, 0.15) is 61.3 Å². The van der Waals surface area contributed by atoms with E-state index in [4.69, 9.17) is 24.2 Å². The van der Waals surface area contributed by atoms with Crippen LogP contribution in [0.5, 0.6) is 17.2 Å². The molecule has 2 aromatic heterocycles. The molecule has 7 aromatic rings. The Balaban J connectivity index is 1.32. The molecule has 6 heteroatoms. The first-order chi connectivity index (χ1) is 26.0. The summed E-state index contributed by atoms with van der Waals surface area (Å²) in [5, 5.41) is 2.17. The second-order valence-corrected chi connectivity index (χ2v) is 14.4. The van der Waals surface area contributed by atoms with E-state index in [1.54, 1.807) is 14.2 Å². The van der Waals surface area contributed by atoms with Gasteiger partial charge in [0.15, 0.2) is 0 Å². The van der Waals surface area contributed by atoms with Crippen molar-refractivity contribution in [3.63, 3.8) is 0 Å². The third-order valence-electron chi connectivity index (χ3n) is 11.5. The number of rotatable bonds is 10. The molecule has 2 heterocycles. The van der Waals surface area contributed by atoms with E-state index in [-0.39, 0.29) is 12.4 Å². The van der Waals surface area contributed by atoms with Crippen molar-refractivity contribution in [3.05, 3.63) is 150 Å². The third-order valence-corrected chi connectivity index (χ3v) is 11.5. The molecule has 2 atom stereocenters. The van der Waals surface area contributed by atoms with Gasteiger partial charge in [0.05, 0.1) is 36.6 Å². The van der Waals surface area contributed by atoms with Crippen molar-refractivity contribution in [3.8, 4) is 39.8 Å². The minimum Gasteiger partial charge on any atom is -0.497 e. The molecule has 0 amide bonds. The molecule has 0 saturated heterocycles. The molecule has 0 radical (unpaired) electrons. The van der Waals surface area contributed by atoms with Crippen molar-refractivity contribution in [1.82, 2.24) is 9.97 Å². The van der Waals surface area contributed by atoms with Gasteiger partial charge < -0.3 is 14.2 Å². The SMILES string of the molecule is CCCC1(CC2(CCC(=O)Oc3ccccc3)c3cc(OC)ccc3-c3nc4ccccc4cc32)c2cc(OC)ccc2-c2nc3ccccc3cc21. The van der Waals surface area contributed by atoms with E-state index in [0.29, 0.717) is 18.6 Å². The summed E-state index contributed by atoms with van der Waals surface area (Å²) in [7, 11) is 3.44. The van der Waals surface area contributed by atoms with Gasteiger partial charge in [-0.25, -0.2) is 9.97 Å². The lowest BCUT2D eigenvalue weighted by atomic mass is 9.60. The highest BCUT2D eigenvalue weighted by Crippen LogP contribution is 2.63. The van der Waals surface area contributed by atoms with Crippen LogP contribution >= 0.6 is 0 Å². The van der Waals surface area contributed by atoms with Gasteiger partial charge in [-0.2, -0.15) is 0 Å². The van der Waals surface area contributed by atoms with Crippen LogP contribution in [-0.2, 0) is 15.6 Å². The average Bonchev–Trinajstić information content (AvgIpc) is 3.60. The van der Waals surface area contributed by atoms with Gasteiger partial charge in [-0.05, 0) is 114 Å². The molecule has 0 saturated carbocycles. The molecule has 2 aliphatic carbocycles. The normalized spacial score (nSPS) is 17.9. The van der Waals surface area contributed by atoms with Crippen LogP contribution in [0.4, 0.5) is 0 Å². The molecular formula is C47H40N2O4. The Morgan fingerprint density at radius 1 is 0.566 bits per heavy atom. The largest absolute Gasteiger partial charge is 0.497 e. The fraction of sp³-hybridized carbons (Fsp3) is 0.213. The average molecular weight is 697 g/mol. The number of carbonyl (C=O) groups excluding carboxylic acids is 1. The summed E-state index contributed by atoms with van der Waals surface area (Å²) in [6.45, 7) is 2.26. The van der Waals surface area contributed by atoms with E-state index in [0.717, 1.165) is 79.8 Å². The first-order valence-corrected chi connectivity index (χ1v) is 18.4. The number of ether oxygens (including phenoxy) is 3.